The highest BCUT2D eigenvalue weighted by Crippen LogP contribution is 2.14. The Balaban J connectivity index is 2.26. The molecule has 1 rings (SSSR count). The van der Waals surface area contributed by atoms with Crippen LogP contribution < -0.4 is 0 Å². The van der Waals surface area contributed by atoms with E-state index in [1.54, 1.807) is 0 Å². The molecular formula is C12H20O. The van der Waals surface area contributed by atoms with Gasteiger partial charge in [0, 0.05) is 0 Å². The maximum absolute atomic E-state index is 5.76. The molecule has 0 fully saturated rings. The third-order valence-electron chi connectivity index (χ3n) is 2.48. The second kappa shape index (κ2) is 5.98. The monoisotopic (exact) mass is 180 g/mol. The minimum atomic E-state index is 0.359. The fourth-order valence-corrected chi connectivity index (χ4v) is 1.41. The van der Waals surface area contributed by atoms with E-state index >= 15 is 0 Å². The Morgan fingerprint density at radius 2 is 2.38 bits per heavy atom. The van der Waals surface area contributed by atoms with Gasteiger partial charge < -0.3 is 4.74 Å². The van der Waals surface area contributed by atoms with E-state index < -0.39 is 0 Å². The van der Waals surface area contributed by atoms with Crippen LogP contribution in [0.15, 0.2) is 23.8 Å². The van der Waals surface area contributed by atoms with Crippen LogP contribution in [-0.2, 0) is 4.74 Å². The lowest BCUT2D eigenvalue weighted by Crippen LogP contribution is -2.10. The first-order valence-electron chi connectivity index (χ1n) is 5.23. The lowest BCUT2D eigenvalue weighted by molar-refractivity contribution is 0.0970. The summed E-state index contributed by atoms with van der Waals surface area (Å²) < 4.78 is 5.76. The lowest BCUT2D eigenvalue weighted by atomic mass is 10.2. The van der Waals surface area contributed by atoms with Gasteiger partial charge in [0.2, 0.25) is 0 Å². The Hall–Kier alpha value is -0.560. The third-order valence-corrected chi connectivity index (χ3v) is 2.48. The van der Waals surface area contributed by atoms with Gasteiger partial charge >= 0.3 is 0 Å². The molecule has 0 aromatic rings. The topological polar surface area (TPSA) is 9.23 Å². The van der Waals surface area contributed by atoms with Gasteiger partial charge in [0.1, 0.15) is 0 Å². The predicted molar refractivity (Wildman–Crippen MR) is 56.8 cm³/mol. The molecule has 0 radical (unpaired) electrons. The normalized spacial score (nSPS) is 24.5. The fourth-order valence-electron chi connectivity index (χ4n) is 1.41. The molecular weight excluding hydrogens is 160 g/mol. The first-order valence-corrected chi connectivity index (χ1v) is 5.23. The molecule has 0 aliphatic heterocycles. The maximum Gasteiger partial charge on any atom is 0.0760 e. The van der Waals surface area contributed by atoms with Crippen LogP contribution in [0.2, 0.25) is 0 Å². The summed E-state index contributed by atoms with van der Waals surface area (Å²) in [5.74, 6) is 0. The quantitative estimate of drug-likeness (QED) is 0.604. The summed E-state index contributed by atoms with van der Waals surface area (Å²) in [7, 11) is 0. The van der Waals surface area contributed by atoms with E-state index in [4.69, 9.17) is 4.74 Å². The Labute approximate surface area is 81.5 Å². The van der Waals surface area contributed by atoms with E-state index in [0.29, 0.717) is 6.10 Å². The van der Waals surface area contributed by atoms with Crippen molar-refractivity contribution in [2.45, 2.75) is 45.6 Å². The van der Waals surface area contributed by atoms with Crippen LogP contribution in [-0.4, -0.2) is 12.7 Å². The summed E-state index contributed by atoms with van der Waals surface area (Å²) in [6, 6.07) is 0. The SMILES string of the molecule is C/C=C(\C)CO[C@H]1C=CCCCC1. The highest BCUT2D eigenvalue weighted by molar-refractivity contribution is 4.98. The van der Waals surface area contributed by atoms with E-state index in [2.05, 4.69) is 32.1 Å². The van der Waals surface area contributed by atoms with Gasteiger partial charge in [0.25, 0.3) is 0 Å². The number of allylic oxidation sites excluding steroid dienone is 2. The molecule has 1 atom stereocenters. The van der Waals surface area contributed by atoms with Gasteiger partial charge in [-0.25, -0.2) is 0 Å². The molecule has 1 heteroatoms. The van der Waals surface area contributed by atoms with E-state index in [9.17, 15) is 0 Å². The third kappa shape index (κ3) is 4.28. The molecule has 0 saturated heterocycles. The van der Waals surface area contributed by atoms with E-state index in [1.165, 1.54) is 31.3 Å². The highest BCUT2D eigenvalue weighted by atomic mass is 16.5. The summed E-state index contributed by atoms with van der Waals surface area (Å²) in [6.07, 6.45) is 12.0. The molecule has 0 unspecified atom stereocenters. The van der Waals surface area contributed by atoms with Crippen LogP contribution >= 0.6 is 0 Å². The van der Waals surface area contributed by atoms with Gasteiger partial charge in [0.15, 0.2) is 0 Å². The summed E-state index contributed by atoms with van der Waals surface area (Å²) >= 11 is 0. The van der Waals surface area contributed by atoms with Crippen molar-refractivity contribution in [2.75, 3.05) is 6.61 Å². The van der Waals surface area contributed by atoms with Gasteiger partial charge in [-0.1, -0.05) is 30.2 Å². The Morgan fingerprint density at radius 3 is 3.15 bits per heavy atom. The van der Waals surface area contributed by atoms with Crippen LogP contribution in [0.4, 0.5) is 0 Å². The van der Waals surface area contributed by atoms with Crippen molar-refractivity contribution in [3.05, 3.63) is 23.8 Å². The second-order valence-electron chi connectivity index (χ2n) is 3.70. The fraction of sp³-hybridized carbons (Fsp3) is 0.667. The molecule has 0 heterocycles. The van der Waals surface area contributed by atoms with Gasteiger partial charge in [0.05, 0.1) is 12.7 Å². The number of rotatable bonds is 3. The van der Waals surface area contributed by atoms with Crippen molar-refractivity contribution in [3.8, 4) is 0 Å². The van der Waals surface area contributed by atoms with Crippen molar-refractivity contribution in [2.24, 2.45) is 0 Å². The first-order chi connectivity index (χ1) is 6.33. The number of ether oxygens (including phenoxy) is 1. The Kier molecular flexibility index (Phi) is 4.84. The smallest absolute Gasteiger partial charge is 0.0760 e. The van der Waals surface area contributed by atoms with Crippen molar-refractivity contribution < 1.29 is 4.74 Å². The van der Waals surface area contributed by atoms with Crippen molar-refractivity contribution >= 4 is 0 Å². The average molecular weight is 180 g/mol. The Bertz CT molecular complexity index is 191. The number of hydrogen-bond acceptors (Lipinski definition) is 1. The zero-order chi connectivity index (χ0) is 9.52. The predicted octanol–water partition coefficient (Wildman–Crippen LogP) is 3.47. The van der Waals surface area contributed by atoms with Crippen LogP contribution in [0.1, 0.15) is 39.5 Å². The molecule has 0 spiro atoms. The summed E-state index contributed by atoms with van der Waals surface area (Å²) in [4.78, 5) is 0. The van der Waals surface area contributed by atoms with Crippen LogP contribution in [0.25, 0.3) is 0 Å². The minimum absolute atomic E-state index is 0.359. The molecule has 1 nitrogen and oxygen atoms in total. The van der Waals surface area contributed by atoms with Gasteiger partial charge in [-0.3, -0.25) is 0 Å². The van der Waals surface area contributed by atoms with E-state index in [0.717, 1.165) is 6.61 Å². The van der Waals surface area contributed by atoms with Crippen molar-refractivity contribution in [3.63, 3.8) is 0 Å². The highest BCUT2D eigenvalue weighted by Gasteiger charge is 2.07. The molecule has 0 N–H and O–H groups in total. The molecule has 13 heavy (non-hydrogen) atoms. The zero-order valence-corrected chi connectivity index (χ0v) is 8.75. The Morgan fingerprint density at radius 1 is 1.54 bits per heavy atom. The summed E-state index contributed by atoms with van der Waals surface area (Å²) in [6.45, 7) is 4.95. The summed E-state index contributed by atoms with van der Waals surface area (Å²) in [5.41, 5.74) is 1.32. The maximum atomic E-state index is 5.76. The number of hydrogen-bond donors (Lipinski definition) is 0. The van der Waals surface area contributed by atoms with E-state index in [-0.39, 0.29) is 0 Å². The van der Waals surface area contributed by atoms with Gasteiger partial charge in [-0.15, -0.1) is 0 Å². The largest absolute Gasteiger partial charge is 0.370 e. The van der Waals surface area contributed by atoms with Gasteiger partial charge in [-0.05, 0) is 33.1 Å². The zero-order valence-electron chi connectivity index (χ0n) is 8.75. The molecule has 0 saturated carbocycles. The average Bonchev–Trinajstić information content (AvgIpc) is 2.42. The van der Waals surface area contributed by atoms with Gasteiger partial charge in [-0.2, -0.15) is 0 Å². The molecule has 0 bridgehead atoms. The first kappa shape index (κ1) is 10.5. The molecule has 74 valence electrons. The molecule has 0 aromatic carbocycles. The molecule has 0 amide bonds. The lowest BCUT2D eigenvalue weighted by Gasteiger charge is -2.12. The molecule has 0 aromatic heterocycles. The standard InChI is InChI=1S/C12H20O/c1-3-11(2)10-13-12-8-6-4-5-7-9-12/h3,6,8,12H,4-5,7,9-10H2,1-2H3/b11-3+/t12-/m0/s1. The molecule has 1 aliphatic carbocycles. The van der Waals surface area contributed by atoms with Crippen LogP contribution in [0.3, 0.4) is 0 Å². The second-order valence-corrected chi connectivity index (χ2v) is 3.70. The minimum Gasteiger partial charge on any atom is -0.370 e. The van der Waals surface area contributed by atoms with Crippen molar-refractivity contribution in [1.82, 2.24) is 0 Å². The van der Waals surface area contributed by atoms with Crippen LogP contribution in [0.5, 0.6) is 0 Å². The summed E-state index contributed by atoms with van der Waals surface area (Å²) in [5, 5.41) is 0. The molecule has 1 aliphatic rings. The van der Waals surface area contributed by atoms with E-state index in [1.807, 2.05) is 0 Å². The van der Waals surface area contributed by atoms with Crippen molar-refractivity contribution in [1.29, 1.82) is 0 Å². The van der Waals surface area contributed by atoms with Crippen LogP contribution in [0, 0.1) is 0 Å².